The number of thioether (sulfide) groups is 1. The van der Waals surface area contributed by atoms with E-state index in [0.29, 0.717) is 14.9 Å². The van der Waals surface area contributed by atoms with Gasteiger partial charge in [-0.05, 0) is 69.7 Å². The number of nitrogens with one attached hydrogen (secondary N) is 1. The normalized spacial score (nSPS) is 17.8. The quantitative estimate of drug-likeness (QED) is 0.638. The molecule has 0 spiro atoms. The minimum absolute atomic E-state index is 0.0717. The summed E-state index contributed by atoms with van der Waals surface area (Å²) >= 11 is 4.21. The average molecular weight is 443 g/mol. The largest absolute Gasteiger partial charge is 0.507 e. The molecule has 1 fully saturated rings. The molecule has 0 unspecified atom stereocenters. The Hall–Kier alpha value is -2.26. The summed E-state index contributed by atoms with van der Waals surface area (Å²) in [7, 11) is 0. The molecule has 0 saturated carbocycles. The highest BCUT2D eigenvalue weighted by molar-refractivity contribution is 9.10. The first-order chi connectivity index (χ1) is 12.2. The lowest BCUT2D eigenvalue weighted by Gasteiger charge is -2.06. The third kappa shape index (κ3) is 4.28. The molecular weight excluding hydrogens is 433 g/mol. The Bertz CT molecular complexity index is 942. The van der Waals surface area contributed by atoms with Crippen LogP contribution in [0.15, 0.2) is 56.8 Å². The van der Waals surface area contributed by atoms with Gasteiger partial charge in [-0.3, -0.25) is 4.79 Å². The number of hydrogen-bond donors (Lipinski definition) is 2. The summed E-state index contributed by atoms with van der Waals surface area (Å²) in [6.07, 6.45) is -2.86. The van der Waals surface area contributed by atoms with E-state index in [1.54, 1.807) is 18.2 Å². The standard InChI is InChI=1S/C17H10BrF3N2O2S/c18-12-6-9(4-5-13(12)24)7-14-15(25)23-16(26-14)22-11-3-1-2-10(8-11)17(19,20)21/h1-8,24H,(H,22,23,25)/b14-7+. The molecule has 2 aromatic rings. The van der Waals surface area contributed by atoms with Gasteiger partial charge in [-0.25, -0.2) is 4.99 Å². The highest BCUT2D eigenvalue weighted by atomic mass is 79.9. The third-order valence-electron chi connectivity index (χ3n) is 3.32. The number of alkyl halides is 3. The topological polar surface area (TPSA) is 61.7 Å². The summed E-state index contributed by atoms with van der Waals surface area (Å²) in [4.78, 5) is 16.4. The molecule has 0 aliphatic carbocycles. The molecule has 1 heterocycles. The van der Waals surface area contributed by atoms with Crippen LogP contribution in [0, 0.1) is 0 Å². The van der Waals surface area contributed by atoms with Crippen molar-refractivity contribution in [2.75, 3.05) is 0 Å². The molecule has 1 aliphatic rings. The van der Waals surface area contributed by atoms with E-state index < -0.39 is 17.6 Å². The highest BCUT2D eigenvalue weighted by Crippen LogP contribution is 2.33. The van der Waals surface area contributed by atoms with Crippen LogP contribution in [0.2, 0.25) is 0 Å². The maximum absolute atomic E-state index is 12.8. The van der Waals surface area contributed by atoms with E-state index in [1.165, 1.54) is 18.2 Å². The monoisotopic (exact) mass is 442 g/mol. The van der Waals surface area contributed by atoms with E-state index in [0.717, 1.165) is 23.9 Å². The first-order valence-corrected chi connectivity index (χ1v) is 8.79. The summed E-state index contributed by atoms with van der Waals surface area (Å²) in [6, 6.07) is 9.30. The molecule has 0 aromatic heterocycles. The Balaban J connectivity index is 1.84. The van der Waals surface area contributed by atoms with E-state index in [-0.39, 0.29) is 16.6 Å². The van der Waals surface area contributed by atoms with Crippen LogP contribution in [-0.2, 0) is 11.0 Å². The van der Waals surface area contributed by atoms with Crippen molar-refractivity contribution in [1.82, 2.24) is 5.32 Å². The van der Waals surface area contributed by atoms with Crippen LogP contribution in [0.5, 0.6) is 5.75 Å². The van der Waals surface area contributed by atoms with Crippen LogP contribution < -0.4 is 5.32 Å². The number of rotatable bonds is 2. The van der Waals surface area contributed by atoms with Gasteiger partial charge in [-0.1, -0.05) is 12.1 Å². The number of amides is 1. The molecule has 4 nitrogen and oxygen atoms in total. The van der Waals surface area contributed by atoms with Gasteiger partial charge >= 0.3 is 6.18 Å². The van der Waals surface area contributed by atoms with Gasteiger partial charge in [-0.2, -0.15) is 13.2 Å². The Morgan fingerprint density at radius 1 is 1.19 bits per heavy atom. The number of phenolic OH excluding ortho intramolecular Hbond substituents is 1. The van der Waals surface area contributed by atoms with Crippen LogP contribution in [0.1, 0.15) is 11.1 Å². The van der Waals surface area contributed by atoms with E-state index in [4.69, 9.17) is 0 Å². The van der Waals surface area contributed by atoms with Crippen LogP contribution >= 0.6 is 27.7 Å². The number of phenols is 1. The van der Waals surface area contributed by atoms with E-state index in [9.17, 15) is 23.1 Å². The zero-order valence-electron chi connectivity index (χ0n) is 12.8. The maximum Gasteiger partial charge on any atom is 0.416 e. The highest BCUT2D eigenvalue weighted by Gasteiger charge is 2.30. The molecule has 0 bridgehead atoms. The van der Waals surface area contributed by atoms with Crippen LogP contribution in [0.25, 0.3) is 6.08 Å². The maximum atomic E-state index is 12.8. The summed E-state index contributed by atoms with van der Waals surface area (Å²) < 4.78 is 38.7. The number of aliphatic imine (C=N–C) groups is 1. The minimum atomic E-state index is -4.46. The Morgan fingerprint density at radius 2 is 1.96 bits per heavy atom. The van der Waals surface area contributed by atoms with Gasteiger partial charge in [0.15, 0.2) is 5.17 Å². The van der Waals surface area contributed by atoms with Crippen molar-refractivity contribution in [2.24, 2.45) is 4.99 Å². The molecule has 3 rings (SSSR count). The first kappa shape index (κ1) is 18.5. The Morgan fingerprint density at radius 3 is 2.65 bits per heavy atom. The molecule has 1 aliphatic heterocycles. The van der Waals surface area contributed by atoms with Gasteiger partial charge in [0.25, 0.3) is 5.91 Å². The van der Waals surface area contributed by atoms with Gasteiger partial charge in [0, 0.05) is 0 Å². The molecule has 2 aromatic carbocycles. The summed E-state index contributed by atoms with van der Waals surface area (Å²) in [6.45, 7) is 0. The first-order valence-electron chi connectivity index (χ1n) is 7.18. The summed E-state index contributed by atoms with van der Waals surface area (Å²) in [5, 5.41) is 12.2. The fourth-order valence-electron chi connectivity index (χ4n) is 2.11. The van der Waals surface area contributed by atoms with Crippen molar-refractivity contribution in [1.29, 1.82) is 0 Å². The van der Waals surface area contributed by atoms with Gasteiger partial charge in [-0.15, -0.1) is 0 Å². The molecule has 9 heteroatoms. The molecule has 26 heavy (non-hydrogen) atoms. The van der Waals surface area contributed by atoms with Gasteiger partial charge in [0.05, 0.1) is 20.6 Å². The number of benzene rings is 2. The van der Waals surface area contributed by atoms with Crippen LogP contribution in [0.3, 0.4) is 0 Å². The molecule has 0 radical (unpaired) electrons. The van der Waals surface area contributed by atoms with Crippen molar-refractivity contribution >= 4 is 50.5 Å². The number of nitrogens with zero attached hydrogens (tertiary/aromatic N) is 1. The molecule has 0 atom stereocenters. The van der Waals surface area contributed by atoms with E-state index in [1.807, 2.05) is 0 Å². The van der Waals surface area contributed by atoms with Crippen molar-refractivity contribution < 1.29 is 23.1 Å². The number of carbonyl (C=O) groups excluding carboxylic acids is 1. The van der Waals surface area contributed by atoms with Crippen molar-refractivity contribution in [2.45, 2.75) is 6.18 Å². The van der Waals surface area contributed by atoms with Crippen molar-refractivity contribution in [3.05, 3.63) is 63.0 Å². The lowest BCUT2D eigenvalue weighted by Crippen LogP contribution is -2.19. The predicted molar refractivity (Wildman–Crippen MR) is 98.1 cm³/mol. The molecule has 134 valence electrons. The lowest BCUT2D eigenvalue weighted by molar-refractivity contribution is -0.137. The summed E-state index contributed by atoms with van der Waals surface area (Å²) in [5.74, 6) is -0.326. The predicted octanol–water partition coefficient (Wildman–Crippen LogP) is 5.07. The Labute approximate surface area is 159 Å². The molecule has 2 N–H and O–H groups in total. The minimum Gasteiger partial charge on any atom is -0.507 e. The van der Waals surface area contributed by atoms with E-state index >= 15 is 0 Å². The Kier molecular flexibility index (Phi) is 5.10. The van der Waals surface area contributed by atoms with Crippen molar-refractivity contribution in [3.8, 4) is 5.75 Å². The average Bonchev–Trinajstić information content (AvgIpc) is 2.90. The SMILES string of the molecule is O=C1NC(=Nc2cccc(C(F)(F)F)c2)S/C1=C/c1ccc(O)c(Br)c1. The zero-order valence-corrected chi connectivity index (χ0v) is 15.2. The van der Waals surface area contributed by atoms with E-state index in [2.05, 4.69) is 26.2 Å². The molecule has 1 saturated heterocycles. The molecule has 1 amide bonds. The lowest BCUT2D eigenvalue weighted by atomic mass is 10.2. The molecular formula is C17H10BrF3N2O2S. The number of amidine groups is 1. The number of aromatic hydroxyl groups is 1. The second-order valence-electron chi connectivity index (χ2n) is 5.24. The third-order valence-corrected chi connectivity index (χ3v) is 4.87. The van der Waals surface area contributed by atoms with Crippen molar-refractivity contribution in [3.63, 3.8) is 0 Å². The number of carbonyl (C=O) groups is 1. The van der Waals surface area contributed by atoms with Crippen LogP contribution in [0.4, 0.5) is 18.9 Å². The second-order valence-corrected chi connectivity index (χ2v) is 7.13. The fraction of sp³-hybridized carbons (Fsp3) is 0.0588. The number of halogens is 4. The van der Waals surface area contributed by atoms with Gasteiger partial charge < -0.3 is 10.4 Å². The fourth-order valence-corrected chi connectivity index (χ4v) is 3.35. The van der Waals surface area contributed by atoms with Gasteiger partial charge in [0.2, 0.25) is 0 Å². The van der Waals surface area contributed by atoms with Crippen LogP contribution in [-0.4, -0.2) is 16.2 Å². The zero-order chi connectivity index (χ0) is 18.9. The smallest absolute Gasteiger partial charge is 0.416 e. The second kappa shape index (κ2) is 7.16. The summed E-state index contributed by atoms with van der Waals surface area (Å²) in [5.41, 5.74) is -0.0396. The number of hydrogen-bond acceptors (Lipinski definition) is 4. The van der Waals surface area contributed by atoms with Gasteiger partial charge in [0.1, 0.15) is 5.75 Å².